The maximum atomic E-state index is 11.7. The van der Waals surface area contributed by atoms with Crippen LogP contribution in [0, 0.1) is 12.8 Å². The highest BCUT2D eigenvalue weighted by molar-refractivity contribution is 5.77. The van der Waals surface area contributed by atoms with E-state index in [0.717, 1.165) is 24.6 Å². The molecule has 3 heteroatoms. The van der Waals surface area contributed by atoms with Crippen LogP contribution < -0.4 is 10.1 Å². The molecule has 0 aliphatic heterocycles. The number of amides is 1. The normalized spacial score (nSPS) is 15.8. The fraction of sp³-hybridized carbons (Fsp3) is 0.588. The van der Waals surface area contributed by atoms with Crippen LogP contribution in [0.2, 0.25) is 0 Å². The molecule has 1 aromatic rings. The molecule has 0 unspecified atom stereocenters. The number of hydrogen-bond donors (Lipinski definition) is 1. The number of rotatable bonds is 6. The Bertz CT molecular complexity index is 408. The quantitative estimate of drug-likeness (QED) is 0.863. The monoisotopic (exact) mass is 275 g/mol. The molecule has 2 rings (SSSR count). The summed E-state index contributed by atoms with van der Waals surface area (Å²) in [6, 6.07) is 7.75. The van der Waals surface area contributed by atoms with Crippen molar-refractivity contribution in [2.45, 2.75) is 45.4 Å². The Morgan fingerprint density at radius 3 is 2.60 bits per heavy atom. The average Bonchev–Trinajstić information content (AvgIpc) is 2.48. The summed E-state index contributed by atoms with van der Waals surface area (Å²) in [7, 11) is 0. The number of hydrogen-bond acceptors (Lipinski definition) is 2. The molecule has 0 heterocycles. The van der Waals surface area contributed by atoms with Gasteiger partial charge in [0.25, 0.3) is 5.91 Å². The zero-order valence-corrected chi connectivity index (χ0v) is 12.4. The first-order chi connectivity index (χ1) is 9.74. The molecule has 1 amide bonds. The van der Waals surface area contributed by atoms with Crippen molar-refractivity contribution in [3.05, 3.63) is 29.8 Å². The average molecular weight is 275 g/mol. The molecule has 110 valence electrons. The molecule has 0 spiro atoms. The molecule has 0 atom stereocenters. The van der Waals surface area contributed by atoms with Gasteiger partial charge in [0.15, 0.2) is 6.61 Å². The second-order valence-corrected chi connectivity index (χ2v) is 5.74. The second kappa shape index (κ2) is 7.93. The molecular formula is C17H25NO2. The molecule has 0 bridgehead atoms. The fourth-order valence-electron chi connectivity index (χ4n) is 2.73. The predicted molar refractivity (Wildman–Crippen MR) is 80.9 cm³/mol. The van der Waals surface area contributed by atoms with E-state index in [2.05, 4.69) is 5.32 Å². The summed E-state index contributed by atoms with van der Waals surface area (Å²) in [4.78, 5) is 11.7. The van der Waals surface area contributed by atoms with Gasteiger partial charge in [-0.2, -0.15) is 0 Å². The van der Waals surface area contributed by atoms with E-state index >= 15 is 0 Å². The molecule has 1 saturated carbocycles. The van der Waals surface area contributed by atoms with E-state index in [1.807, 2.05) is 31.2 Å². The SMILES string of the molecule is Cc1ccc(OCC(=O)NCCC2CCCCC2)cc1. The van der Waals surface area contributed by atoms with Crippen molar-refractivity contribution < 1.29 is 9.53 Å². The Labute approximate surface area is 121 Å². The van der Waals surface area contributed by atoms with Gasteiger partial charge in [0.1, 0.15) is 5.75 Å². The van der Waals surface area contributed by atoms with E-state index in [1.165, 1.54) is 37.7 Å². The molecule has 0 radical (unpaired) electrons. The molecule has 0 aromatic heterocycles. The highest BCUT2D eigenvalue weighted by Gasteiger charge is 2.13. The molecule has 3 nitrogen and oxygen atoms in total. The first-order valence-corrected chi connectivity index (χ1v) is 7.70. The van der Waals surface area contributed by atoms with Gasteiger partial charge in [-0.25, -0.2) is 0 Å². The highest BCUT2D eigenvalue weighted by atomic mass is 16.5. The number of nitrogens with one attached hydrogen (secondary N) is 1. The lowest BCUT2D eigenvalue weighted by atomic mass is 9.87. The minimum atomic E-state index is -0.0265. The van der Waals surface area contributed by atoms with Gasteiger partial charge in [0.2, 0.25) is 0 Å². The molecule has 1 aliphatic carbocycles. The third kappa shape index (κ3) is 5.24. The van der Waals surface area contributed by atoms with E-state index in [9.17, 15) is 4.79 Å². The first kappa shape index (κ1) is 14.9. The lowest BCUT2D eigenvalue weighted by Crippen LogP contribution is -2.30. The zero-order chi connectivity index (χ0) is 14.2. The lowest BCUT2D eigenvalue weighted by Gasteiger charge is -2.21. The summed E-state index contributed by atoms with van der Waals surface area (Å²) in [5.41, 5.74) is 1.19. The zero-order valence-electron chi connectivity index (χ0n) is 12.4. The van der Waals surface area contributed by atoms with Crippen molar-refractivity contribution in [2.24, 2.45) is 5.92 Å². The van der Waals surface area contributed by atoms with E-state index in [1.54, 1.807) is 0 Å². The van der Waals surface area contributed by atoms with Crippen molar-refractivity contribution in [1.82, 2.24) is 5.32 Å². The van der Waals surface area contributed by atoms with Gasteiger partial charge in [0, 0.05) is 6.54 Å². The first-order valence-electron chi connectivity index (χ1n) is 7.70. The molecule has 0 saturated heterocycles. The Hall–Kier alpha value is -1.51. The number of aryl methyl sites for hydroxylation is 1. The van der Waals surface area contributed by atoms with Gasteiger partial charge in [-0.3, -0.25) is 4.79 Å². The van der Waals surface area contributed by atoms with Crippen molar-refractivity contribution in [1.29, 1.82) is 0 Å². The Morgan fingerprint density at radius 2 is 1.90 bits per heavy atom. The van der Waals surface area contributed by atoms with Gasteiger partial charge < -0.3 is 10.1 Å². The standard InChI is InChI=1S/C17H25NO2/c1-14-7-9-16(10-8-14)20-13-17(19)18-12-11-15-5-3-2-4-6-15/h7-10,15H,2-6,11-13H2,1H3,(H,18,19). The van der Waals surface area contributed by atoms with Crippen LogP contribution in [-0.2, 0) is 4.79 Å². The Morgan fingerprint density at radius 1 is 1.20 bits per heavy atom. The predicted octanol–water partition coefficient (Wildman–Crippen LogP) is 3.46. The molecule has 1 aliphatic rings. The molecule has 1 fully saturated rings. The summed E-state index contributed by atoms with van der Waals surface area (Å²) in [6.45, 7) is 2.91. The van der Waals surface area contributed by atoms with Crippen LogP contribution in [0.3, 0.4) is 0 Å². The lowest BCUT2D eigenvalue weighted by molar-refractivity contribution is -0.123. The molecule has 1 N–H and O–H groups in total. The topological polar surface area (TPSA) is 38.3 Å². The van der Waals surface area contributed by atoms with E-state index in [0.29, 0.717) is 0 Å². The minimum absolute atomic E-state index is 0.0265. The van der Waals surface area contributed by atoms with Crippen molar-refractivity contribution in [2.75, 3.05) is 13.2 Å². The third-order valence-electron chi connectivity index (χ3n) is 3.99. The number of carbonyl (C=O) groups is 1. The van der Waals surface area contributed by atoms with Gasteiger partial charge in [-0.05, 0) is 31.4 Å². The van der Waals surface area contributed by atoms with Crippen molar-refractivity contribution in [3.8, 4) is 5.75 Å². The van der Waals surface area contributed by atoms with Crippen LogP contribution in [-0.4, -0.2) is 19.1 Å². The van der Waals surface area contributed by atoms with Crippen LogP contribution in [0.25, 0.3) is 0 Å². The Balaban J connectivity index is 1.59. The van der Waals surface area contributed by atoms with Crippen LogP contribution in [0.1, 0.15) is 44.1 Å². The minimum Gasteiger partial charge on any atom is -0.484 e. The maximum Gasteiger partial charge on any atom is 0.257 e. The van der Waals surface area contributed by atoms with E-state index < -0.39 is 0 Å². The Kier molecular flexibility index (Phi) is 5.90. The summed E-state index contributed by atoms with van der Waals surface area (Å²) >= 11 is 0. The smallest absolute Gasteiger partial charge is 0.257 e. The molecular weight excluding hydrogens is 250 g/mol. The van der Waals surface area contributed by atoms with Crippen LogP contribution in [0.4, 0.5) is 0 Å². The molecule has 1 aromatic carbocycles. The van der Waals surface area contributed by atoms with Gasteiger partial charge in [-0.15, -0.1) is 0 Å². The summed E-state index contributed by atoms with van der Waals surface area (Å²) in [5.74, 6) is 1.53. The van der Waals surface area contributed by atoms with Crippen molar-refractivity contribution in [3.63, 3.8) is 0 Å². The fourth-order valence-corrected chi connectivity index (χ4v) is 2.73. The van der Waals surface area contributed by atoms with E-state index in [-0.39, 0.29) is 12.5 Å². The number of benzene rings is 1. The highest BCUT2D eigenvalue weighted by Crippen LogP contribution is 2.25. The van der Waals surface area contributed by atoms with Gasteiger partial charge in [-0.1, -0.05) is 49.8 Å². The van der Waals surface area contributed by atoms with E-state index in [4.69, 9.17) is 4.74 Å². The van der Waals surface area contributed by atoms with Gasteiger partial charge >= 0.3 is 0 Å². The van der Waals surface area contributed by atoms with Crippen molar-refractivity contribution >= 4 is 5.91 Å². The second-order valence-electron chi connectivity index (χ2n) is 5.74. The van der Waals surface area contributed by atoms with Crippen LogP contribution in [0.5, 0.6) is 5.75 Å². The molecule has 20 heavy (non-hydrogen) atoms. The maximum absolute atomic E-state index is 11.7. The van der Waals surface area contributed by atoms with Crippen LogP contribution in [0.15, 0.2) is 24.3 Å². The van der Waals surface area contributed by atoms with Crippen LogP contribution >= 0.6 is 0 Å². The summed E-state index contributed by atoms with van der Waals surface area (Å²) in [6.07, 6.45) is 7.86. The van der Waals surface area contributed by atoms with Gasteiger partial charge in [0.05, 0.1) is 0 Å². The number of carbonyl (C=O) groups excluding carboxylic acids is 1. The summed E-state index contributed by atoms with van der Waals surface area (Å²) < 4.78 is 5.45. The number of ether oxygens (including phenoxy) is 1. The largest absolute Gasteiger partial charge is 0.484 e. The summed E-state index contributed by atoms with van der Waals surface area (Å²) in [5, 5.41) is 2.95. The third-order valence-corrected chi connectivity index (χ3v) is 3.99.